The molecular formula is C22H27N3O3. The number of carbonyl (C=O) groups is 1. The molecule has 3 rings (SSSR count). The summed E-state index contributed by atoms with van der Waals surface area (Å²) in [7, 11) is 3.20. The standard InChI is InChI=1S/C22H27N3O3/c1-27-20-11-9-17(14-21(20)28-2)25-18-8-10-19(24-15-18)22(26)23-13-12-16-6-4-3-5-7-16/h6,8-11,14-15,25H,3-5,7,12-13H2,1-2H3,(H,23,26). The van der Waals surface area contributed by atoms with E-state index >= 15 is 0 Å². The van der Waals surface area contributed by atoms with Gasteiger partial charge in [-0.3, -0.25) is 4.79 Å². The summed E-state index contributed by atoms with van der Waals surface area (Å²) >= 11 is 0. The van der Waals surface area contributed by atoms with Crippen molar-refractivity contribution in [2.24, 2.45) is 0 Å². The van der Waals surface area contributed by atoms with E-state index in [1.807, 2.05) is 24.3 Å². The minimum Gasteiger partial charge on any atom is -0.493 e. The normalized spacial score (nSPS) is 13.4. The second-order valence-corrected chi connectivity index (χ2v) is 6.74. The van der Waals surface area contributed by atoms with Gasteiger partial charge in [-0.25, -0.2) is 4.98 Å². The zero-order valence-corrected chi connectivity index (χ0v) is 16.5. The summed E-state index contributed by atoms with van der Waals surface area (Å²) in [5.41, 5.74) is 3.50. The number of ether oxygens (including phenoxy) is 2. The number of nitrogens with zero attached hydrogens (tertiary/aromatic N) is 1. The molecule has 0 fully saturated rings. The van der Waals surface area contributed by atoms with Gasteiger partial charge in [0.15, 0.2) is 11.5 Å². The minimum atomic E-state index is -0.144. The van der Waals surface area contributed by atoms with Crippen LogP contribution in [0.2, 0.25) is 0 Å². The highest BCUT2D eigenvalue weighted by molar-refractivity contribution is 5.92. The van der Waals surface area contributed by atoms with E-state index in [1.165, 1.54) is 24.8 Å². The molecule has 0 unspecified atom stereocenters. The Morgan fingerprint density at radius 3 is 2.57 bits per heavy atom. The first-order chi connectivity index (χ1) is 13.7. The summed E-state index contributed by atoms with van der Waals surface area (Å²) in [5.74, 6) is 1.17. The van der Waals surface area contributed by atoms with Crippen molar-refractivity contribution < 1.29 is 14.3 Å². The quantitative estimate of drug-likeness (QED) is 0.661. The lowest BCUT2D eigenvalue weighted by Gasteiger charge is -2.13. The highest BCUT2D eigenvalue weighted by atomic mass is 16.5. The summed E-state index contributed by atoms with van der Waals surface area (Å²) in [5, 5.41) is 6.20. The molecule has 0 radical (unpaired) electrons. The van der Waals surface area contributed by atoms with Crippen LogP contribution in [0.1, 0.15) is 42.6 Å². The fourth-order valence-electron chi connectivity index (χ4n) is 3.24. The molecule has 6 heteroatoms. The van der Waals surface area contributed by atoms with Gasteiger partial charge in [-0.15, -0.1) is 0 Å². The van der Waals surface area contributed by atoms with Crippen LogP contribution in [0, 0.1) is 0 Å². The molecule has 2 N–H and O–H groups in total. The third-order valence-electron chi connectivity index (χ3n) is 4.79. The number of hydrogen-bond acceptors (Lipinski definition) is 5. The summed E-state index contributed by atoms with van der Waals surface area (Å²) in [6.45, 7) is 0.651. The third kappa shape index (κ3) is 5.25. The number of allylic oxidation sites excluding steroid dienone is 1. The molecule has 6 nitrogen and oxygen atoms in total. The Kier molecular flexibility index (Phi) is 6.89. The average molecular weight is 381 g/mol. The Balaban J connectivity index is 1.54. The van der Waals surface area contributed by atoms with E-state index in [0.29, 0.717) is 23.7 Å². The van der Waals surface area contributed by atoms with Gasteiger partial charge in [0, 0.05) is 18.3 Å². The van der Waals surface area contributed by atoms with Crippen LogP contribution < -0.4 is 20.1 Å². The van der Waals surface area contributed by atoms with E-state index in [-0.39, 0.29) is 5.91 Å². The molecule has 28 heavy (non-hydrogen) atoms. The van der Waals surface area contributed by atoms with E-state index < -0.39 is 0 Å². The van der Waals surface area contributed by atoms with E-state index in [4.69, 9.17) is 9.47 Å². The lowest BCUT2D eigenvalue weighted by Crippen LogP contribution is -2.25. The van der Waals surface area contributed by atoms with E-state index in [2.05, 4.69) is 21.7 Å². The number of hydrogen-bond donors (Lipinski definition) is 2. The van der Waals surface area contributed by atoms with Gasteiger partial charge in [-0.2, -0.15) is 0 Å². The maximum absolute atomic E-state index is 12.3. The zero-order valence-electron chi connectivity index (χ0n) is 16.5. The Morgan fingerprint density at radius 1 is 1.07 bits per heavy atom. The van der Waals surface area contributed by atoms with Gasteiger partial charge in [0.2, 0.25) is 0 Å². The smallest absolute Gasteiger partial charge is 0.269 e. The number of aromatic nitrogens is 1. The van der Waals surface area contributed by atoms with Gasteiger partial charge in [0.05, 0.1) is 26.1 Å². The van der Waals surface area contributed by atoms with Gasteiger partial charge in [0.1, 0.15) is 5.69 Å². The largest absolute Gasteiger partial charge is 0.493 e. The van der Waals surface area contributed by atoms with Crippen LogP contribution in [0.3, 0.4) is 0 Å². The van der Waals surface area contributed by atoms with E-state index in [0.717, 1.165) is 24.2 Å². The zero-order chi connectivity index (χ0) is 19.8. The molecule has 1 aliphatic rings. The molecule has 0 saturated heterocycles. The van der Waals surface area contributed by atoms with Crippen LogP contribution in [0.15, 0.2) is 48.2 Å². The van der Waals surface area contributed by atoms with Crippen LogP contribution >= 0.6 is 0 Å². The topological polar surface area (TPSA) is 72.5 Å². The maximum Gasteiger partial charge on any atom is 0.269 e. The van der Waals surface area contributed by atoms with Crippen molar-refractivity contribution in [1.29, 1.82) is 0 Å². The van der Waals surface area contributed by atoms with Crippen LogP contribution in [-0.2, 0) is 0 Å². The molecule has 0 bridgehead atoms. The van der Waals surface area contributed by atoms with Gasteiger partial charge >= 0.3 is 0 Å². The summed E-state index contributed by atoms with van der Waals surface area (Å²) in [4.78, 5) is 16.5. The van der Waals surface area contributed by atoms with Gasteiger partial charge in [0.25, 0.3) is 5.91 Å². The molecule has 0 spiro atoms. The van der Waals surface area contributed by atoms with Crippen LogP contribution in [0.5, 0.6) is 11.5 Å². The Hall–Kier alpha value is -3.02. The van der Waals surface area contributed by atoms with Gasteiger partial charge in [-0.1, -0.05) is 11.6 Å². The predicted molar refractivity (Wildman–Crippen MR) is 111 cm³/mol. The van der Waals surface area contributed by atoms with E-state index in [9.17, 15) is 4.79 Å². The first kappa shape index (κ1) is 19.7. The van der Waals surface area contributed by atoms with Crippen molar-refractivity contribution >= 4 is 17.3 Å². The number of rotatable bonds is 8. The van der Waals surface area contributed by atoms with Crippen molar-refractivity contribution in [3.05, 3.63) is 53.9 Å². The number of carbonyl (C=O) groups excluding carboxylic acids is 1. The first-order valence-corrected chi connectivity index (χ1v) is 9.61. The third-order valence-corrected chi connectivity index (χ3v) is 4.79. The van der Waals surface area contributed by atoms with Crippen LogP contribution in [-0.4, -0.2) is 31.7 Å². The molecule has 1 aliphatic carbocycles. The first-order valence-electron chi connectivity index (χ1n) is 9.61. The highest BCUT2D eigenvalue weighted by Crippen LogP contribution is 2.31. The van der Waals surface area contributed by atoms with E-state index in [1.54, 1.807) is 26.5 Å². The van der Waals surface area contributed by atoms with Crippen LogP contribution in [0.4, 0.5) is 11.4 Å². The number of amides is 1. The van der Waals surface area contributed by atoms with Crippen molar-refractivity contribution in [3.8, 4) is 11.5 Å². The Morgan fingerprint density at radius 2 is 1.89 bits per heavy atom. The number of pyridine rings is 1. The molecule has 1 aromatic heterocycles. The molecular weight excluding hydrogens is 354 g/mol. The molecule has 1 amide bonds. The Bertz CT molecular complexity index is 831. The number of methoxy groups -OCH3 is 2. The fraction of sp³-hybridized carbons (Fsp3) is 0.364. The van der Waals surface area contributed by atoms with Crippen molar-refractivity contribution in [3.63, 3.8) is 0 Å². The number of anilines is 2. The molecule has 0 aliphatic heterocycles. The monoisotopic (exact) mass is 381 g/mol. The lowest BCUT2D eigenvalue weighted by molar-refractivity contribution is 0.0949. The average Bonchev–Trinajstić information content (AvgIpc) is 2.75. The summed E-state index contributed by atoms with van der Waals surface area (Å²) < 4.78 is 10.6. The lowest BCUT2D eigenvalue weighted by atomic mass is 9.97. The van der Waals surface area contributed by atoms with Gasteiger partial charge in [-0.05, 0) is 56.4 Å². The number of benzene rings is 1. The van der Waals surface area contributed by atoms with Gasteiger partial charge < -0.3 is 20.1 Å². The predicted octanol–water partition coefficient (Wildman–Crippen LogP) is 4.46. The second-order valence-electron chi connectivity index (χ2n) is 6.74. The molecule has 0 saturated carbocycles. The fourth-order valence-corrected chi connectivity index (χ4v) is 3.24. The molecule has 1 aromatic carbocycles. The number of nitrogens with one attached hydrogen (secondary N) is 2. The SMILES string of the molecule is COc1ccc(Nc2ccc(C(=O)NCCC3=CCCCC3)nc2)cc1OC. The molecule has 2 aromatic rings. The molecule has 148 valence electrons. The minimum absolute atomic E-state index is 0.144. The van der Waals surface area contributed by atoms with Crippen molar-refractivity contribution in [2.45, 2.75) is 32.1 Å². The highest BCUT2D eigenvalue weighted by Gasteiger charge is 2.09. The Labute approximate surface area is 166 Å². The van der Waals surface area contributed by atoms with Crippen LogP contribution in [0.25, 0.3) is 0 Å². The summed E-state index contributed by atoms with van der Waals surface area (Å²) in [6.07, 6.45) is 9.74. The van der Waals surface area contributed by atoms with Crippen molar-refractivity contribution in [2.75, 3.05) is 26.1 Å². The second kappa shape index (κ2) is 9.78. The molecule has 0 atom stereocenters. The maximum atomic E-state index is 12.3. The summed E-state index contributed by atoms with van der Waals surface area (Å²) in [6, 6.07) is 9.13. The molecule has 1 heterocycles. The van der Waals surface area contributed by atoms with Crippen molar-refractivity contribution in [1.82, 2.24) is 10.3 Å².